The zero-order valence-corrected chi connectivity index (χ0v) is 8.39. The third kappa shape index (κ3) is 2.11. The molecule has 0 N–H and O–H groups in total. The molecule has 5 nitrogen and oxygen atoms in total. The Morgan fingerprint density at radius 1 is 1.47 bits per heavy atom. The molecule has 2 aromatic heterocycles. The summed E-state index contributed by atoms with van der Waals surface area (Å²) in [5.41, 5.74) is 0.841. The lowest BCUT2D eigenvalue weighted by Gasteiger charge is -2.01. The Morgan fingerprint density at radius 2 is 2.33 bits per heavy atom. The summed E-state index contributed by atoms with van der Waals surface area (Å²) >= 11 is 5.88. The van der Waals surface area contributed by atoms with Gasteiger partial charge in [0.25, 0.3) is 5.82 Å². The van der Waals surface area contributed by atoms with Crippen LogP contribution in [0.25, 0.3) is 0 Å². The lowest BCUT2D eigenvalue weighted by Crippen LogP contribution is -2.01. The van der Waals surface area contributed by atoms with E-state index < -0.39 is 0 Å². The smallest absolute Gasteiger partial charge is 0.247 e. The molecule has 0 saturated carbocycles. The van der Waals surface area contributed by atoms with Crippen LogP contribution >= 0.6 is 11.6 Å². The third-order valence-electron chi connectivity index (χ3n) is 1.81. The Bertz CT molecular complexity index is 513. The van der Waals surface area contributed by atoms with Gasteiger partial charge in [-0.25, -0.2) is 14.6 Å². The quantitative estimate of drug-likeness (QED) is 0.713. The Balaban J connectivity index is 2.23. The second-order valence-corrected chi connectivity index (χ2v) is 3.19. The molecule has 2 heterocycles. The van der Waals surface area contributed by atoms with Crippen LogP contribution in [-0.4, -0.2) is 19.7 Å². The van der Waals surface area contributed by atoms with Gasteiger partial charge in [0.15, 0.2) is 0 Å². The number of rotatable bonds is 2. The van der Waals surface area contributed by atoms with Gasteiger partial charge in [0.05, 0.1) is 6.54 Å². The van der Waals surface area contributed by atoms with Crippen molar-refractivity contribution in [2.75, 3.05) is 0 Å². The van der Waals surface area contributed by atoms with Crippen LogP contribution in [0.1, 0.15) is 11.4 Å². The van der Waals surface area contributed by atoms with Crippen molar-refractivity contribution in [2.24, 2.45) is 0 Å². The second kappa shape index (κ2) is 4.07. The topological polar surface area (TPSA) is 67.4 Å². The number of nitrogens with zero attached hydrogens (tertiary/aromatic N) is 5. The number of halogens is 1. The molecule has 2 rings (SSSR count). The molecule has 0 unspecified atom stereocenters. The summed E-state index contributed by atoms with van der Waals surface area (Å²) in [5, 5.41) is 12.9. The molecule has 2 aromatic rings. The van der Waals surface area contributed by atoms with E-state index in [2.05, 4.69) is 15.1 Å². The van der Waals surface area contributed by atoms with Crippen LogP contribution in [-0.2, 0) is 6.54 Å². The molecule has 0 aliphatic heterocycles. The molecule has 0 aliphatic rings. The van der Waals surface area contributed by atoms with Gasteiger partial charge < -0.3 is 0 Å². The molecule has 74 valence electrons. The van der Waals surface area contributed by atoms with E-state index in [1.807, 2.05) is 12.1 Å². The number of hydrogen-bond donors (Lipinski definition) is 0. The van der Waals surface area contributed by atoms with Crippen molar-refractivity contribution in [1.82, 2.24) is 19.7 Å². The van der Waals surface area contributed by atoms with Crippen molar-refractivity contribution in [1.29, 1.82) is 5.26 Å². The van der Waals surface area contributed by atoms with Gasteiger partial charge in [0, 0.05) is 11.8 Å². The van der Waals surface area contributed by atoms with Crippen LogP contribution in [0.5, 0.6) is 0 Å². The van der Waals surface area contributed by atoms with Gasteiger partial charge in [-0.05, 0) is 6.07 Å². The Labute approximate surface area is 91.0 Å². The highest BCUT2D eigenvalue weighted by atomic mass is 35.5. The van der Waals surface area contributed by atoms with Crippen LogP contribution in [0.2, 0.25) is 5.15 Å². The number of aromatic nitrogens is 4. The summed E-state index contributed by atoms with van der Waals surface area (Å²) in [6.07, 6.45) is 3.11. The summed E-state index contributed by atoms with van der Waals surface area (Å²) in [5.74, 6) is 0.148. The van der Waals surface area contributed by atoms with Crippen LogP contribution in [0.4, 0.5) is 0 Å². The number of pyridine rings is 1. The zero-order chi connectivity index (χ0) is 10.7. The van der Waals surface area contributed by atoms with Crippen molar-refractivity contribution in [3.05, 3.63) is 41.2 Å². The van der Waals surface area contributed by atoms with Gasteiger partial charge in [-0.15, -0.1) is 5.10 Å². The molecule has 0 aromatic carbocycles. The van der Waals surface area contributed by atoms with Gasteiger partial charge in [-0.2, -0.15) is 5.26 Å². The highest BCUT2D eigenvalue weighted by Crippen LogP contribution is 2.12. The van der Waals surface area contributed by atoms with Gasteiger partial charge in [-0.3, -0.25) is 0 Å². The summed E-state index contributed by atoms with van der Waals surface area (Å²) < 4.78 is 1.54. The fourth-order valence-corrected chi connectivity index (χ4v) is 1.31. The first-order valence-electron chi connectivity index (χ1n) is 4.18. The van der Waals surface area contributed by atoms with Crippen LogP contribution in [0, 0.1) is 11.3 Å². The SMILES string of the molecule is N#Cc1ncn(Cc2cccnc2Cl)n1. The number of hydrogen-bond acceptors (Lipinski definition) is 4. The average Bonchev–Trinajstić information content (AvgIpc) is 2.69. The fourth-order valence-electron chi connectivity index (χ4n) is 1.13. The number of nitriles is 1. The maximum Gasteiger partial charge on any atom is 0.252 e. The second-order valence-electron chi connectivity index (χ2n) is 2.83. The van der Waals surface area contributed by atoms with E-state index in [1.165, 1.54) is 6.33 Å². The van der Waals surface area contributed by atoms with Gasteiger partial charge in [0.1, 0.15) is 17.5 Å². The summed E-state index contributed by atoms with van der Waals surface area (Å²) in [6, 6.07) is 5.50. The Kier molecular flexibility index (Phi) is 2.61. The van der Waals surface area contributed by atoms with Gasteiger partial charge >= 0.3 is 0 Å². The summed E-state index contributed by atoms with van der Waals surface area (Å²) in [6.45, 7) is 0.460. The molecule has 0 amide bonds. The minimum atomic E-state index is 0.148. The maximum atomic E-state index is 8.54. The van der Waals surface area contributed by atoms with Crippen molar-refractivity contribution in [3.8, 4) is 6.07 Å². The van der Waals surface area contributed by atoms with Crippen LogP contribution < -0.4 is 0 Å². The molecule has 0 radical (unpaired) electrons. The Morgan fingerprint density at radius 3 is 3.00 bits per heavy atom. The zero-order valence-electron chi connectivity index (χ0n) is 7.63. The molecule has 0 spiro atoms. The highest BCUT2D eigenvalue weighted by Gasteiger charge is 2.03. The minimum Gasteiger partial charge on any atom is -0.247 e. The van der Waals surface area contributed by atoms with E-state index in [-0.39, 0.29) is 5.82 Å². The molecule has 0 atom stereocenters. The Hall–Kier alpha value is -1.93. The third-order valence-corrected chi connectivity index (χ3v) is 2.15. The first-order valence-corrected chi connectivity index (χ1v) is 4.56. The highest BCUT2D eigenvalue weighted by molar-refractivity contribution is 6.30. The first-order chi connectivity index (χ1) is 7.29. The average molecular weight is 220 g/mol. The van der Waals surface area contributed by atoms with Gasteiger partial charge in [-0.1, -0.05) is 17.7 Å². The van der Waals surface area contributed by atoms with Crippen molar-refractivity contribution in [3.63, 3.8) is 0 Å². The van der Waals surface area contributed by atoms with Crippen molar-refractivity contribution in [2.45, 2.75) is 6.54 Å². The maximum absolute atomic E-state index is 8.54. The van der Waals surface area contributed by atoms with E-state index in [0.29, 0.717) is 11.7 Å². The molecule has 15 heavy (non-hydrogen) atoms. The molecule has 0 saturated heterocycles. The van der Waals surface area contributed by atoms with Crippen molar-refractivity contribution < 1.29 is 0 Å². The summed E-state index contributed by atoms with van der Waals surface area (Å²) in [4.78, 5) is 7.73. The lowest BCUT2D eigenvalue weighted by atomic mass is 10.3. The molecule has 0 aliphatic carbocycles. The van der Waals surface area contributed by atoms with Crippen LogP contribution in [0.15, 0.2) is 24.7 Å². The normalized spacial score (nSPS) is 9.87. The standard InChI is InChI=1S/C9H6ClN5/c10-9-7(2-1-3-12-9)5-15-6-13-8(4-11)14-15/h1-3,6H,5H2. The molecular weight excluding hydrogens is 214 g/mol. The van der Waals surface area contributed by atoms with E-state index in [0.717, 1.165) is 5.56 Å². The van der Waals surface area contributed by atoms with Crippen LogP contribution in [0.3, 0.4) is 0 Å². The largest absolute Gasteiger partial charge is 0.252 e. The molecular formula is C9H6ClN5. The molecule has 0 bridgehead atoms. The summed E-state index contributed by atoms with van der Waals surface area (Å²) in [7, 11) is 0. The lowest BCUT2D eigenvalue weighted by molar-refractivity contribution is 0.680. The fraction of sp³-hybridized carbons (Fsp3) is 0.111. The van der Waals surface area contributed by atoms with Gasteiger partial charge in [0.2, 0.25) is 0 Å². The van der Waals surface area contributed by atoms with E-state index in [1.54, 1.807) is 16.9 Å². The predicted octanol–water partition coefficient (Wildman–Crippen LogP) is 1.25. The van der Waals surface area contributed by atoms with Crippen molar-refractivity contribution >= 4 is 11.6 Å². The minimum absolute atomic E-state index is 0.148. The molecule has 6 heteroatoms. The van der Waals surface area contributed by atoms with E-state index >= 15 is 0 Å². The predicted molar refractivity (Wildman–Crippen MR) is 53.1 cm³/mol. The van der Waals surface area contributed by atoms with E-state index in [4.69, 9.17) is 16.9 Å². The first kappa shape index (κ1) is 9.62. The monoisotopic (exact) mass is 219 g/mol. The molecule has 0 fully saturated rings. The van der Waals surface area contributed by atoms with E-state index in [9.17, 15) is 0 Å².